The third kappa shape index (κ3) is 4.75. The number of hydrogen-bond acceptors (Lipinski definition) is 7. The lowest BCUT2D eigenvalue weighted by molar-refractivity contribution is 0.0663. The molecule has 2 aromatic heterocycles. The fraction of sp³-hybridized carbons (Fsp3) is 0.364. The van der Waals surface area contributed by atoms with Crippen LogP contribution < -0.4 is 15.3 Å². The van der Waals surface area contributed by atoms with Crippen LogP contribution in [0.15, 0.2) is 57.9 Å². The second kappa shape index (κ2) is 8.63. The maximum atomic E-state index is 11.6. The van der Waals surface area contributed by atoms with Gasteiger partial charge in [-0.3, -0.25) is 4.90 Å². The smallest absolute Gasteiger partial charge is 0.336 e. The van der Waals surface area contributed by atoms with Crippen LogP contribution in [0.3, 0.4) is 0 Å². The molecular formula is C22H25N3O4. The Morgan fingerprint density at radius 2 is 2.00 bits per heavy atom. The maximum absolute atomic E-state index is 11.6. The summed E-state index contributed by atoms with van der Waals surface area (Å²) in [7, 11) is 0. The zero-order valence-corrected chi connectivity index (χ0v) is 16.5. The summed E-state index contributed by atoms with van der Waals surface area (Å²) in [5.74, 6) is 1.57. The van der Waals surface area contributed by atoms with E-state index in [-0.39, 0.29) is 12.2 Å². The van der Waals surface area contributed by atoms with Crippen molar-refractivity contribution in [3.8, 4) is 5.75 Å². The fourth-order valence-electron chi connectivity index (χ4n) is 3.64. The molecular weight excluding hydrogens is 370 g/mol. The van der Waals surface area contributed by atoms with Gasteiger partial charge in [0.05, 0.1) is 0 Å². The Morgan fingerprint density at radius 3 is 2.76 bits per heavy atom. The van der Waals surface area contributed by atoms with Crippen LogP contribution in [-0.4, -0.2) is 60.4 Å². The second-order valence-electron chi connectivity index (χ2n) is 7.35. The highest BCUT2D eigenvalue weighted by molar-refractivity contribution is 5.81. The molecule has 1 aliphatic heterocycles. The molecule has 7 nitrogen and oxygen atoms in total. The van der Waals surface area contributed by atoms with E-state index >= 15 is 0 Å². The van der Waals surface area contributed by atoms with Gasteiger partial charge in [-0.2, -0.15) is 0 Å². The molecule has 152 valence electrons. The molecule has 1 saturated heterocycles. The van der Waals surface area contributed by atoms with E-state index in [2.05, 4.69) is 14.8 Å². The van der Waals surface area contributed by atoms with Crippen molar-refractivity contribution >= 4 is 16.8 Å². The molecule has 29 heavy (non-hydrogen) atoms. The zero-order chi connectivity index (χ0) is 20.2. The van der Waals surface area contributed by atoms with Gasteiger partial charge in [-0.1, -0.05) is 6.07 Å². The van der Waals surface area contributed by atoms with Crippen molar-refractivity contribution in [2.45, 2.75) is 13.0 Å². The minimum atomic E-state index is -0.600. The van der Waals surface area contributed by atoms with Crippen LogP contribution in [0.5, 0.6) is 5.75 Å². The number of ether oxygens (including phenoxy) is 1. The number of piperazine rings is 1. The average molecular weight is 395 g/mol. The van der Waals surface area contributed by atoms with Crippen molar-refractivity contribution in [1.82, 2.24) is 9.88 Å². The van der Waals surface area contributed by atoms with E-state index in [1.807, 2.05) is 43.5 Å². The minimum absolute atomic E-state index is 0.183. The van der Waals surface area contributed by atoms with Gasteiger partial charge in [0.25, 0.3) is 0 Å². The first-order valence-electron chi connectivity index (χ1n) is 9.82. The number of β-amino-alcohol motifs (C(OH)–C–C–N with tert-alkyl or cyclic N) is 1. The highest BCUT2D eigenvalue weighted by atomic mass is 16.5. The number of aliphatic hydroxyl groups is 1. The number of aryl methyl sites for hydroxylation is 1. The number of pyridine rings is 1. The van der Waals surface area contributed by atoms with E-state index in [4.69, 9.17) is 9.15 Å². The molecule has 1 atom stereocenters. The molecule has 4 rings (SSSR count). The van der Waals surface area contributed by atoms with Gasteiger partial charge in [-0.25, -0.2) is 9.78 Å². The first kappa shape index (κ1) is 19.4. The minimum Gasteiger partial charge on any atom is -0.491 e. The van der Waals surface area contributed by atoms with Crippen molar-refractivity contribution in [2.75, 3.05) is 44.2 Å². The molecule has 0 radical (unpaired) electrons. The maximum Gasteiger partial charge on any atom is 0.336 e. The summed E-state index contributed by atoms with van der Waals surface area (Å²) in [6.07, 6.45) is 1.21. The highest BCUT2D eigenvalue weighted by Gasteiger charge is 2.20. The number of aliphatic hydroxyl groups excluding tert-OH is 1. The summed E-state index contributed by atoms with van der Waals surface area (Å²) >= 11 is 0. The zero-order valence-electron chi connectivity index (χ0n) is 16.5. The average Bonchev–Trinajstić information content (AvgIpc) is 2.73. The molecule has 1 aromatic carbocycles. The molecule has 1 N–H and O–H groups in total. The van der Waals surface area contributed by atoms with Crippen LogP contribution in [0, 0.1) is 6.92 Å². The Labute approximate surface area is 169 Å². The topological polar surface area (TPSA) is 79.0 Å². The first-order chi connectivity index (χ1) is 14.1. The molecule has 0 amide bonds. The van der Waals surface area contributed by atoms with Crippen LogP contribution in [0.4, 0.5) is 5.82 Å². The largest absolute Gasteiger partial charge is 0.491 e. The number of hydrogen-bond donors (Lipinski definition) is 1. The predicted molar refractivity (Wildman–Crippen MR) is 112 cm³/mol. The molecule has 1 aliphatic rings. The van der Waals surface area contributed by atoms with Crippen molar-refractivity contribution in [3.05, 3.63) is 64.6 Å². The molecule has 3 aromatic rings. The van der Waals surface area contributed by atoms with E-state index in [0.717, 1.165) is 42.9 Å². The van der Waals surface area contributed by atoms with Crippen molar-refractivity contribution in [1.29, 1.82) is 0 Å². The third-order valence-electron chi connectivity index (χ3n) is 5.18. The molecule has 0 aliphatic carbocycles. The summed E-state index contributed by atoms with van der Waals surface area (Å²) < 4.78 is 11.0. The lowest BCUT2D eigenvalue weighted by Crippen LogP contribution is -2.49. The standard InChI is InChI=1S/C22H25N3O4/c1-16-12-22(27)29-20-13-18(5-6-19(16)20)28-15-17(26)14-24-8-10-25(11-9-24)21-4-2-3-7-23-21/h2-7,12-13,17,26H,8-11,14-15H2,1H3/t17-/m0/s1. The lowest BCUT2D eigenvalue weighted by Gasteiger charge is -2.36. The third-order valence-corrected chi connectivity index (χ3v) is 5.18. The van der Waals surface area contributed by atoms with Gasteiger partial charge in [0.15, 0.2) is 0 Å². The monoisotopic (exact) mass is 395 g/mol. The van der Waals surface area contributed by atoms with Gasteiger partial charge in [0.2, 0.25) is 0 Å². The molecule has 7 heteroatoms. The Morgan fingerprint density at radius 1 is 1.17 bits per heavy atom. The summed E-state index contributed by atoms with van der Waals surface area (Å²) in [5, 5.41) is 11.3. The number of rotatable bonds is 6. The SMILES string of the molecule is Cc1cc(=O)oc2cc(OC[C@@H](O)CN3CCN(c4ccccn4)CC3)ccc12. The molecule has 0 unspecified atom stereocenters. The van der Waals surface area contributed by atoms with E-state index in [0.29, 0.717) is 17.9 Å². The Bertz CT molecular complexity index is 1010. The van der Waals surface area contributed by atoms with Crippen LogP contribution >= 0.6 is 0 Å². The Hall–Kier alpha value is -2.90. The number of aromatic nitrogens is 1. The van der Waals surface area contributed by atoms with Crippen LogP contribution in [0.25, 0.3) is 11.0 Å². The molecule has 3 heterocycles. The predicted octanol–water partition coefficient (Wildman–Crippen LogP) is 2.06. The van der Waals surface area contributed by atoms with Gasteiger partial charge in [0, 0.05) is 56.4 Å². The van der Waals surface area contributed by atoms with Gasteiger partial charge in [-0.15, -0.1) is 0 Å². The Balaban J connectivity index is 1.28. The molecule has 1 fully saturated rings. The normalized spacial score (nSPS) is 16.1. The van der Waals surface area contributed by atoms with Crippen LogP contribution in [0.1, 0.15) is 5.56 Å². The van der Waals surface area contributed by atoms with Gasteiger partial charge < -0.3 is 19.2 Å². The van der Waals surface area contributed by atoms with Crippen LogP contribution in [-0.2, 0) is 0 Å². The lowest BCUT2D eigenvalue weighted by atomic mass is 10.1. The van der Waals surface area contributed by atoms with Crippen LogP contribution in [0.2, 0.25) is 0 Å². The van der Waals surface area contributed by atoms with Gasteiger partial charge in [-0.05, 0) is 36.8 Å². The molecule has 0 spiro atoms. The van der Waals surface area contributed by atoms with Gasteiger partial charge in [0.1, 0.15) is 29.9 Å². The molecule has 0 saturated carbocycles. The Kier molecular flexibility index (Phi) is 5.78. The fourth-order valence-corrected chi connectivity index (χ4v) is 3.64. The first-order valence-corrected chi connectivity index (χ1v) is 9.82. The van der Waals surface area contributed by atoms with Gasteiger partial charge >= 0.3 is 5.63 Å². The van der Waals surface area contributed by atoms with Crippen molar-refractivity contribution < 1.29 is 14.3 Å². The summed E-state index contributed by atoms with van der Waals surface area (Å²) in [4.78, 5) is 20.4. The van der Waals surface area contributed by atoms with E-state index < -0.39 is 6.10 Å². The quantitative estimate of drug-likeness (QED) is 0.640. The summed E-state index contributed by atoms with van der Waals surface area (Å²) in [6.45, 7) is 6.11. The molecule has 0 bridgehead atoms. The van der Waals surface area contributed by atoms with E-state index in [1.165, 1.54) is 6.07 Å². The van der Waals surface area contributed by atoms with E-state index in [1.54, 1.807) is 6.07 Å². The number of benzene rings is 1. The highest BCUT2D eigenvalue weighted by Crippen LogP contribution is 2.22. The number of fused-ring (bicyclic) bond motifs is 1. The van der Waals surface area contributed by atoms with Crippen molar-refractivity contribution in [3.63, 3.8) is 0 Å². The van der Waals surface area contributed by atoms with E-state index in [9.17, 15) is 9.90 Å². The summed E-state index contributed by atoms with van der Waals surface area (Å²) in [6, 6.07) is 12.8. The number of anilines is 1. The summed E-state index contributed by atoms with van der Waals surface area (Å²) in [5.41, 5.74) is 0.984. The second-order valence-corrected chi connectivity index (χ2v) is 7.35. The number of nitrogens with zero attached hydrogens (tertiary/aromatic N) is 3. The van der Waals surface area contributed by atoms with Crippen molar-refractivity contribution in [2.24, 2.45) is 0 Å².